The maximum Gasteiger partial charge on any atom is 0.0991 e. The van der Waals surface area contributed by atoms with Crippen LogP contribution in [0.1, 0.15) is 36.8 Å². The Morgan fingerprint density at radius 1 is 1.47 bits per heavy atom. The summed E-state index contributed by atoms with van der Waals surface area (Å²) in [7, 11) is 0. The molecule has 1 heterocycles. The number of benzene rings is 1. The summed E-state index contributed by atoms with van der Waals surface area (Å²) in [5.74, 6) is 1.42. The van der Waals surface area contributed by atoms with Crippen molar-refractivity contribution in [2.45, 2.75) is 25.7 Å². The molecule has 1 aliphatic carbocycles. The molecule has 1 fully saturated rings. The van der Waals surface area contributed by atoms with E-state index in [-0.39, 0.29) is 0 Å². The molecule has 0 amide bonds. The molecule has 0 saturated heterocycles. The van der Waals surface area contributed by atoms with Crippen LogP contribution >= 0.6 is 0 Å². The van der Waals surface area contributed by atoms with Gasteiger partial charge in [-0.05, 0) is 61.5 Å². The number of hydrogen-bond donors (Lipinski definition) is 2. The van der Waals surface area contributed by atoms with Gasteiger partial charge in [0.15, 0.2) is 0 Å². The van der Waals surface area contributed by atoms with Gasteiger partial charge in [0.25, 0.3) is 0 Å². The molecule has 3 nitrogen and oxygen atoms in total. The average Bonchev–Trinajstić information content (AvgIpc) is 3.08. The van der Waals surface area contributed by atoms with Crippen LogP contribution in [0.2, 0.25) is 0 Å². The van der Waals surface area contributed by atoms with Crippen LogP contribution in [0.4, 0.5) is 0 Å². The summed E-state index contributed by atoms with van der Waals surface area (Å²) in [5.41, 5.74) is 3.27. The maximum atomic E-state index is 9.00. The zero-order valence-corrected chi connectivity index (χ0v) is 11.2. The van der Waals surface area contributed by atoms with Gasteiger partial charge in [-0.3, -0.25) is 0 Å². The van der Waals surface area contributed by atoms with Gasteiger partial charge < -0.3 is 10.3 Å². The third-order valence-electron chi connectivity index (χ3n) is 4.00. The molecule has 1 aliphatic rings. The summed E-state index contributed by atoms with van der Waals surface area (Å²) >= 11 is 0. The van der Waals surface area contributed by atoms with Crippen molar-refractivity contribution in [2.75, 3.05) is 13.1 Å². The van der Waals surface area contributed by atoms with E-state index in [1.807, 2.05) is 18.2 Å². The van der Waals surface area contributed by atoms with E-state index in [4.69, 9.17) is 5.26 Å². The number of aromatic amines is 1. The highest BCUT2D eigenvalue weighted by Crippen LogP contribution is 2.49. The van der Waals surface area contributed by atoms with Gasteiger partial charge in [-0.15, -0.1) is 0 Å². The first-order valence-electron chi connectivity index (χ1n) is 7.05. The number of nitrogens with zero attached hydrogens (tertiary/aromatic N) is 1. The number of hydrogen-bond acceptors (Lipinski definition) is 2. The Balaban J connectivity index is 1.77. The van der Waals surface area contributed by atoms with Crippen LogP contribution in [0.15, 0.2) is 24.4 Å². The number of aromatic nitrogens is 1. The monoisotopic (exact) mass is 253 g/mol. The van der Waals surface area contributed by atoms with Gasteiger partial charge in [-0.1, -0.05) is 6.92 Å². The summed E-state index contributed by atoms with van der Waals surface area (Å²) in [6.07, 6.45) is 4.58. The van der Waals surface area contributed by atoms with E-state index in [9.17, 15) is 0 Å². The zero-order valence-electron chi connectivity index (χ0n) is 11.2. The normalized spacial score (nSPS) is 21.5. The molecule has 2 N–H and O–H groups in total. The minimum atomic E-state index is 0.659. The Bertz CT molecular complexity index is 620. The van der Waals surface area contributed by atoms with Gasteiger partial charge in [0, 0.05) is 17.1 Å². The molecule has 98 valence electrons. The van der Waals surface area contributed by atoms with E-state index in [0.29, 0.717) is 5.92 Å². The Hall–Kier alpha value is -1.79. The lowest BCUT2D eigenvalue weighted by Gasteiger charge is -2.02. The number of fused-ring (bicyclic) bond motifs is 1. The third-order valence-corrected chi connectivity index (χ3v) is 4.00. The highest BCUT2D eigenvalue weighted by Gasteiger charge is 2.39. The van der Waals surface area contributed by atoms with E-state index >= 15 is 0 Å². The first-order chi connectivity index (χ1) is 9.33. The number of H-pyrrole nitrogens is 1. The maximum absolute atomic E-state index is 9.00. The van der Waals surface area contributed by atoms with Gasteiger partial charge in [0.05, 0.1) is 11.6 Å². The molecular weight excluding hydrogens is 234 g/mol. The molecule has 1 aromatic carbocycles. The van der Waals surface area contributed by atoms with Gasteiger partial charge in [-0.25, -0.2) is 0 Å². The molecule has 2 aromatic rings. The lowest BCUT2D eigenvalue weighted by Crippen LogP contribution is -2.17. The number of nitrogens with one attached hydrogen (secondary N) is 2. The molecule has 0 bridgehead atoms. The van der Waals surface area contributed by atoms with Crippen molar-refractivity contribution < 1.29 is 0 Å². The van der Waals surface area contributed by atoms with E-state index in [2.05, 4.69) is 29.5 Å². The molecule has 3 rings (SSSR count). The van der Waals surface area contributed by atoms with Crippen molar-refractivity contribution in [3.63, 3.8) is 0 Å². The first kappa shape index (κ1) is 12.3. The van der Waals surface area contributed by atoms with Crippen LogP contribution in [0.3, 0.4) is 0 Å². The second-order valence-electron chi connectivity index (χ2n) is 5.42. The van der Waals surface area contributed by atoms with Crippen molar-refractivity contribution in [2.24, 2.45) is 5.92 Å². The molecule has 0 spiro atoms. The highest BCUT2D eigenvalue weighted by molar-refractivity contribution is 5.85. The van der Waals surface area contributed by atoms with Crippen LogP contribution < -0.4 is 5.32 Å². The fraction of sp³-hybridized carbons (Fsp3) is 0.438. The molecule has 0 radical (unpaired) electrons. The number of rotatable bonds is 5. The molecule has 19 heavy (non-hydrogen) atoms. The fourth-order valence-electron chi connectivity index (χ4n) is 2.84. The van der Waals surface area contributed by atoms with Crippen molar-refractivity contribution >= 4 is 10.9 Å². The zero-order chi connectivity index (χ0) is 13.2. The summed E-state index contributed by atoms with van der Waals surface area (Å²) in [4.78, 5) is 3.32. The summed E-state index contributed by atoms with van der Waals surface area (Å²) in [5, 5.41) is 13.7. The second-order valence-corrected chi connectivity index (χ2v) is 5.42. The molecule has 2 atom stereocenters. The van der Waals surface area contributed by atoms with Crippen LogP contribution in [0.5, 0.6) is 0 Å². The fourth-order valence-corrected chi connectivity index (χ4v) is 2.84. The lowest BCUT2D eigenvalue weighted by atomic mass is 10.1. The quantitative estimate of drug-likeness (QED) is 0.804. The van der Waals surface area contributed by atoms with Gasteiger partial charge >= 0.3 is 0 Å². The lowest BCUT2D eigenvalue weighted by molar-refractivity contribution is 0.620. The van der Waals surface area contributed by atoms with E-state index in [0.717, 1.165) is 30.1 Å². The van der Waals surface area contributed by atoms with Crippen molar-refractivity contribution in [1.82, 2.24) is 10.3 Å². The largest absolute Gasteiger partial charge is 0.361 e. The van der Waals surface area contributed by atoms with E-state index in [1.165, 1.54) is 23.8 Å². The summed E-state index contributed by atoms with van der Waals surface area (Å²) < 4.78 is 0. The molecule has 1 saturated carbocycles. The molecule has 1 aromatic heterocycles. The summed E-state index contributed by atoms with van der Waals surface area (Å²) in [6, 6.07) is 8.11. The SMILES string of the molecule is CCCNCC1CC1c1c[nH]c2ccc(C#N)cc12. The topological polar surface area (TPSA) is 51.6 Å². The van der Waals surface area contributed by atoms with Crippen molar-refractivity contribution in [3.8, 4) is 6.07 Å². The Labute approximate surface area is 113 Å². The van der Waals surface area contributed by atoms with Gasteiger partial charge in [0.1, 0.15) is 0 Å². The Morgan fingerprint density at radius 2 is 2.37 bits per heavy atom. The number of nitriles is 1. The van der Waals surface area contributed by atoms with Crippen LogP contribution in [0, 0.1) is 17.2 Å². The first-order valence-corrected chi connectivity index (χ1v) is 7.05. The third kappa shape index (κ3) is 2.36. The second kappa shape index (κ2) is 5.07. The summed E-state index contributed by atoms with van der Waals surface area (Å²) in [6.45, 7) is 4.42. The van der Waals surface area contributed by atoms with Crippen LogP contribution in [-0.2, 0) is 0 Å². The van der Waals surface area contributed by atoms with E-state index < -0.39 is 0 Å². The smallest absolute Gasteiger partial charge is 0.0991 e. The van der Waals surface area contributed by atoms with E-state index in [1.54, 1.807) is 0 Å². The van der Waals surface area contributed by atoms with Crippen molar-refractivity contribution in [3.05, 3.63) is 35.5 Å². The van der Waals surface area contributed by atoms with Crippen LogP contribution in [0.25, 0.3) is 10.9 Å². The minimum absolute atomic E-state index is 0.659. The van der Waals surface area contributed by atoms with Crippen LogP contribution in [-0.4, -0.2) is 18.1 Å². The average molecular weight is 253 g/mol. The highest BCUT2D eigenvalue weighted by atomic mass is 14.9. The van der Waals surface area contributed by atoms with Crippen molar-refractivity contribution in [1.29, 1.82) is 5.26 Å². The Morgan fingerprint density at radius 3 is 3.16 bits per heavy atom. The Kier molecular flexibility index (Phi) is 3.27. The predicted octanol–water partition coefficient (Wildman–Crippen LogP) is 3.14. The molecule has 0 aliphatic heterocycles. The molecule has 3 heteroatoms. The van der Waals surface area contributed by atoms with Gasteiger partial charge in [0.2, 0.25) is 0 Å². The predicted molar refractivity (Wildman–Crippen MR) is 77.0 cm³/mol. The minimum Gasteiger partial charge on any atom is -0.361 e. The van der Waals surface area contributed by atoms with Gasteiger partial charge in [-0.2, -0.15) is 5.26 Å². The molecular formula is C16H19N3. The molecule has 2 unspecified atom stereocenters. The standard InChI is InChI=1S/C16H19N3/c1-2-5-18-9-12-7-13(12)15-10-19-16-4-3-11(8-17)6-14(15)16/h3-4,6,10,12-13,18-19H,2,5,7,9H2,1H3.